The van der Waals surface area contributed by atoms with Gasteiger partial charge in [0.1, 0.15) is 0 Å². The number of nitrogens with one attached hydrogen (secondary N) is 2. The number of carbonyl (C=O) groups is 2. The fraction of sp³-hybridized carbons (Fsp3) is 0.667. The summed E-state index contributed by atoms with van der Waals surface area (Å²) in [6.45, 7) is 2.51. The first-order chi connectivity index (χ1) is 7.17. The minimum Gasteiger partial charge on any atom is -0.382 e. The fourth-order valence-corrected chi connectivity index (χ4v) is 1.32. The van der Waals surface area contributed by atoms with E-state index in [1.165, 1.54) is 0 Å². The molecule has 1 unspecified atom stereocenters. The minimum absolute atomic E-state index is 0.0336. The zero-order valence-corrected chi connectivity index (χ0v) is 8.87. The highest BCUT2D eigenvalue weighted by Gasteiger charge is 2.25. The minimum atomic E-state index is -0.665. The monoisotopic (exact) mass is 213 g/mol. The molecule has 6 heteroatoms. The highest BCUT2D eigenvalue weighted by Crippen LogP contribution is 2.02. The molecule has 0 spiro atoms. The molecule has 6 nitrogen and oxygen atoms in total. The molecule has 2 amide bonds. The molecule has 0 aromatic rings. The van der Waals surface area contributed by atoms with Gasteiger partial charge in [-0.25, -0.2) is 4.99 Å². The Bertz CT molecular complexity index is 264. The lowest BCUT2D eigenvalue weighted by atomic mass is 10.2. The Labute approximate surface area is 88.1 Å². The molecule has 84 valence electrons. The molecule has 0 aromatic carbocycles. The van der Waals surface area contributed by atoms with Crippen molar-refractivity contribution < 1.29 is 14.3 Å². The largest absolute Gasteiger partial charge is 0.382 e. The highest BCUT2D eigenvalue weighted by atomic mass is 16.5. The molecule has 0 bridgehead atoms. The standard InChI is InChI=1S/C9H15N3O3/c1-3-4-6(5-15-2)10-9-11-7(13)8(14)12-9/h6H,3-5H2,1-2H3,(H2,10,11,12,13,14). The average molecular weight is 213 g/mol. The number of guanidine groups is 1. The van der Waals surface area contributed by atoms with Crippen LogP contribution in [-0.4, -0.2) is 37.5 Å². The second-order valence-corrected chi connectivity index (χ2v) is 3.28. The highest BCUT2D eigenvalue weighted by molar-refractivity contribution is 6.45. The van der Waals surface area contributed by atoms with Gasteiger partial charge in [0, 0.05) is 7.11 Å². The van der Waals surface area contributed by atoms with E-state index in [2.05, 4.69) is 15.6 Å². The van der Waals surface area contributed by atoms with Gasteiger partial charge >= 0.3 is 11.8 Å². The Morgan fingerprint density at radius 3 is 2.40 bits per heavy atom. The number of hydrogen-bond acceptors (Lipinski definition) is 4. The zero-order valence-electron chi connectivity index (χ0n) is 8.87. The van der Waals surface area contributed by atoms with Crippen LogP contribution in [0.5, 0.6) is 0 Å². The van der Waals surface area contributed by atoms with Crippen molar-refractivity contribution in [3.8, 4) is 0 Å². The summed E-state index contributed by atoms with van der Waals surface area (Å²) in [5.74, 6) is -1.11. The van der Waals surface area contributed by atoms with Crippen LogP contribution in [0.25, 0.3) is 0 Å². The molecular formula is C9H15N3O3. The summed E-state index contributed by atoms with van der Waals surface area (Å²) in [5.41, 5.74) is 0. The van der Waals surface area contributed by atoms with Crippen LogP contribution in [0.15, 0.2) is 4.99 Å². The van der Waals surface area contributed by atoms with Crippen molar-refractivity contribution in [1.29, 1.82) is 0 Å². The maximum atomic E-state index is 10.8. The van der Waals surface area contributed by atoms with Crippen LogP contribution < -0.4 is 10.6 Å². The Hall–Kier alpha value is -1.43. The number of carbonyl (C=O) groups excluding carboxylic acids is 2. The van der Waals surface area contributed by atoms with Gasteiger partial charge in [-0.15, -0.1) is 0 Å². The molecule has 1 saturated heterocycles. The number of aliphatic imine (C=N–C) groups is 1. The van der Waals surface area contributed by atoms with Gasteiger partial charge in [-0.2, -0.15) is 0 Å². The lowest BCUT2D eigenvalue weighted by molar-refractivity contribution is -0.135. The summed E-state index contributed by atoms with van der Waals surface area (Å²) >= 11 is 0. The van der Waals surface area contributed by atoms with Crippen LogP contribution in [0.3, 0.4) is 0 Å². The number of nitrogens with zero attached hydrogens (tertiary/aromatic N) is 1. The molecule has 2 N–H and O–H groups in total. The molecule has 1 heterocycles. The van der Waals surface area contributed by atoms with Crippen molar-refractivity contribution in [2.45, 2.75) is 25.8 Å². The molecule has 1 aliphatic rings. The normalized spacial score (nSPS) is 17.3. The topological polar surface area (TPSA) is 79.8 Å². The Morgan fingerprint density at radius 2 is 1.93 bits per heavy atom. The van der Waals surface area contributed by atoms with Crippen molar-refractivity contribution in [1.82, 2.24) is 10.6 Å². The number of rotatable bonds is 5. The molecule has 1 fully saturated rings. The first-order valence-corrected chi connectivity index (χ1v) is 4.86. The quantitative estimate of drug-likeness (QED) is 0.599. The molecule has 0 saturated carbocycles. The van der Waals surface area contributed by atoms with Gasteiger partial charge in [-0.3, -0.25) is 20.2 Å². The molecule has 0 aromatic heterocycles. The van der Waals surface area contributed by atoms with Crippen molar-refractivity contribution in [2.75, 3.05) is 13.7 Å². The fourth-order valence-electron chi connectivity index (χ4n) is 1.32. The van der Waals surface area contributed by atoms with E-state index in [0.29, 0.717) is 6.61 Å². The number of ether oxygens (including phenoxy) is 1. The molecule has 1 atom stereocenters. The third kappa shape index (κ3) is 3.32. The van der Waals surface area contributed by atoms with E-state index >= 15 is 0 Å². The maximum Gasteiger partial charge on any atom is 0.316 e. The molecule has 1 aliphatic heterocycles. The van der Waals surface area contributed by atoms with Gasteiger partial charge in [-0.1, -0.05) is 13.3 Å². The number of hydrogen-bond donors (Lipinski definition) is 2. The first-order valence-electron chi connectivity index (χ1n) is 4.86. The van der Waals surface area contributed by atoms with Crippen LogP contribution in [0, 0.1) is 0 Å². The summed E-state index contributed by atoms with van der Waals surface area (Å²) in [7, 11) is 1.59. The van der Waals surface area contributed by atoms with Gasteiger partial charge in [0.25, 0.3) is 0 Å². The summed E-state index contributed by atoms with van der Waals surface area (Å²) in [6, 6.07) is -0.0336. The predicted molar refractivity (Wildman–Crippen MR) is 54.3 cm³/mol. The van der Waals surface area contributed by atoms with E-state index in [9.17, 15) is 9.59 Å². The predicted octanol–water partition coefficient (Wildman–Crippen LogP) is -0.596. The van der Waals surface area contributed by atoms with Gasteiger partial charge in [-0.05, 0) is 6.42 Å². The van der Waals surface area contributed by atoms with Crippen molar-refractivity contribution in [3.05, 3.63) is 0 Å². The van der Waals surface area contributed by atoms with Crippen LogP contribution in [0.1, 0.15) is 19.8 Å². The van der Waals surface area contributed by atoms with E-state index in [-0.39, 0.29) is 12.0 Å². The summed E-state index contributed by atoms with van der Waals surface area (Å²) in [5, 5.41) is 4.69. The third-order valence-corrected chi connectivity index (χ3v) is 1.96. The maximum absolute atomic E-state index is 10.8. The van der Waals surface area contributed by atoms with E-state index in [4.69, 9.17) is 4.74 Å². The molecule has 0 radical (unpaired) electrons. The molecule has 15 heavy (non-hydrogen) atoms. The second-order valence-electron chi connectivity index (χ2n) is 3.28. The molecule has 0 aliphatic carbocycles. The summed E-state index contributed by atoms with van der Waals surface area (Å²) in [6.07, 6.45) is 1.82. The second kappa shape index (κ2) is 5.45. The van der Waals surface area contributed by atoms with E-state index in [0.717, 1.165) is 12.8 Å². The van der Waals surface area contributed by atoms with Gasteiger partial charge in [0.05, 0.1) is 12.6 Å². The average Bonchev–Trinajstić information content (AvgIpc) is 2.47. The van der Waals surface area contributed by atoms with E-state index in [1.54, 1.807) is 7.11 Å². The lowest BCUT2D eigenvalue weighted by Gasteiger charge is -2.10. The Balaban J connectivity index is 2.59. The van der Waals surface area contributed by atoms with Crippen LogP contribution in [-0.2, 0) is 14.3 Å². The van der Waals surface area contributed by atoms with Gasteiger partial charge in [0.15, 0.2) is 0 Å². The summed E-state index contributed by atoms with van der Waals surface area (Å²) in [4.78, 5) is 25.9. The first kappa shape index (κ1) is 11.6. The van der Waals surface area contributed by atoms with Gasteiger partial charge < -0.3 is 4.74 Å². The zero-order chi connectivity index (χ0) is 11.3. The smallest absolute Gasteiger partial charge is 0.316 e. The van der Waals surface area contributed by atoms with E-state index < -0.39 is 11.8 Å². The van der Waals surface area contributed by atoms with Crippen LogP contribution in [0.2, 0.25) is 0 Å². The Kier molecular flexibility index (Phi) is 4.23. The van der Waals surface area contributed by atoms with Crippen molar-refractivity contribution >= 4 is 17.8 Å². The SMILES string of the molecule is CCCC(COC)N=C1NC(=O)C(=O)N1. The van der Waals surface area contributed by atoms with Crippen molar-refractivity contribution in [2.24, 2.45) is 4.99 Å². The Morgan fingerprint density at radius 1 is 1.33 bits per heavy atom. The molecular weight excluding hydrogens is 198 g/mol. The number of methoxy groups -OCH3 is 1. The lowest BCUT2D eigenvalue weighted by Crippen LogP contribution is -2.29. The molecule has 1 rings (SSSR count). The third-order valence-electron chi connectivity index (χ3n) is 1.96. The number of amides is 2. The van der Waals surface area contributed by atoms with Crippen molar-refractivity contribution in [3.63, 3.8) is 0 Å². The van der Waals surface area contributed by atoms with Gasteiger partial charge in [0.2, 0.25) is 5.96 Å². The van der Waals surface area contributed by atoms with Crippen LogP contribution in [0.4, 0.5) is 0 Å². The van der Waals surface area contributed by atoms with E-state index in [1.807, 2.05) is 6.92 Å². The summed E-state index contributed by atoms with van der Waals surface area (Å²) < 4.78 is 4.99. The van der Waals surface area contributed by atoms with Crippen LogP contribution >= 0.6 is 0 Å².